The number of ether oxygens (including phenoxy) is 1. The van der Waals surface area contributed by atoms with Gasteiger partial charge in [-0.2, -0.15) is 4.98 Å². The first kappa shape index (κ1) is 28.1. The second-order valence-corrected chi connectivity index (χ2v) is 9.13. The van der Waals surface area contributed by atoms with Gasteiger partial charge >= 0.3 is 11.7 Å². The lowest BCUT2D eigenvalue weighted by atomic mass is 9.98. The summed E-state index contributed by atoms with van der Waals surface area (Å²) < 4.78 is 20.7. The van der Waals surface area contributed by atoms with Gasteiger partial charge in [-0.15, -0.1) is 0 Å². The van der Waals surface area contributed by atoms with Gasteiger partial charge in [0.1, 0.15) is 17.3 Å². The molecule has 1 atom stereocenters. The summed E-state index contributed by atoms with van der Waals surface area (Å²) in [5.41, 5.74) is 6.37. The topological polar surface area (TPSA) is 203 Å². The highest BCUT2D eigenvalue weighted by Crippen LogP contribution is 2.34. The molecule has 2 amide bonds. The number of aliphatic hydroxyl groups excluding tert-OH is 1. The number of nitrogens with two attached hydrogens (primary N) is 1. The van der Waals surface area contributed by atoms with Crippen LogP contribution in [0.25, 0.3) is 10.9 Å². The maximum absolute atomic E-state index is 13.7. The number of aliphatic hydroxyl groups is 1. The Morgan fingerprint density at radius 1 is 1.25 bits per heavy atom. The van der Waals surface area contributed by atoms with Gasteiger partial charge in [-0.25, -0.2) is 18.9 Å². The number of aromatic nitrogens is 3. The highest BCUT2D eigenvalue weighted by atomic mass is 19.1. The maximum Gasteiger partial charge on any atom is 0.347 e. The van der Waals surface area contributed by atoms with E-state index in [-0.39, 0.29) is 47.7 Å². The fraction of sp³-hybridized carbons (Fsp3) is 0.231. The van der Waals surface area contributed by atoms with Crippen LogP contribution in [-0.4, -0.2) is 54.7 Å². The maximum atomic E-state index is 13.7. The van der Waals surface area contributed by atoms with Crippen LogP contribution in [-0.2, 0) is 11.3 Å². The number of urea groups is 1. The first-order chi connectivity index (χ1) is 19.0. The fourth-order valence-corrected chi connectivity index (χ4v) is 4.16. The van der Waals surface area contributed by atoms with E-state index in [4.69, 9.17) is 15.9 Å². The molecule has 0 aliphatic rings. The van der Waals surface area contributed by atoms with Crippen molar-refractivity contribution in [3.05, 3.63) is 76.2 Å². The smallest absolute Gasteiger partial charge is 0.347 e. The molecule has 2 aromatic carbocycles. The van der Waals surface area contributed by atoms with Crippen LogP contribution >= 0.6 is 0 Å². The molecule has 2 aromatic heterocycles. The Morgan fingerprint density at radius 3 is 2.70 bits per heavy atom. The first-order valence-electron chi connectivity index (χ1n) is 12.1. The van der Waals surface area contributed by atoms with Crippen molar-refractivity contribution >= 4 is 34.3 Å². The summed E-state index contributed by atoms with van der Waals surface area (Å²) in [5, 5.41) is 42.1. The number of phenols is 2. The molecule has 4 rings (SSSR count). The summed E-state index contributed by atoms with van der Waals surface area (Å²) in [6.45, 7) is 3.96. The number of hydrogen-bond donors (Lipinski definition) is 7. The third-order valence-electron chi connectivity index (χ3n) is 6.11. The highest BCUT2D eigenvalue weighted by molar-refractivity contribution is 6.22. The monoisotopic (exact) mass is 553 g/mol. The Labute approximate surface area is 226 Å². The minimum absolute atomic E-state index is 0.000872. The summed E-state index contributed by atoms with van der Waals surface area (Å²) in [6.07, 6.45) is 0.928. The van der Waals surface area contributed by atoms with Crippen LogP contribution < -0.4 is 21.6 Å². The number of carbonyl (C=O) groups excluding carboxylic acids is 1. The molecular formula is C26H28FN7O6. The SMILES string of the molecule is CC(C)c1cc(C(=N)N(C(N)=O)c2ccc3c(ccn3CCOC(O)Nc3nc(=O)[nH]cc3F)c2)c(O)cc1O. The van der Waals surface area contributed by atoms with E-state index in [0.29, 0.717) is 10.9 Å². The molecule has 0 fully saturated rings. The molecule has 0 bridgehead atoms. The summed E-state index contributed by atoms with van der Waals surface area (Å²) in [4.78, 5) is 30.0. The number of nitrogens with zero attached hydrogens (tertiary/aromatic N) is 3. The number of H-pyrrole nitrogens is 1. The van der Waals surface area contributed by atoms with Crippen molar-refractivity contribution in [2.75, 3.05) is 16.8 Å². The molecule has 8 N–H and O–H groups in total. The van der Waals surface area contributed by atoms with Gasteiger partial charge in [0, 0.05) is 35.9 Å². The number of carbonyl (C=O) groups is 1. The van der Waals surface area contributed by atoms with Crippen LogP contribution in [0.1, 0.15) is 30.9 Å². The van der Waals surface area contributed by atoms with Crippen LogP contribution in [0.3, 0.4) is 0 Å². The van der Waals surface area contributed by atoms with E-state index < -0.39 is 29.8 Å². The molecule has 13 nitrogen and oxygen atoms in total. The van der Waals surface area contributed by atoms with Crippen LogP contribution in [0.5, 0.6) is 11.5 Å². The number of benzene rings is 2. The zero-order chi connectivity index (χ0) is 29.1. The van der Waals surface area contributed by atoms with Crippen molar-refractivity contribution < 1.29 is 29.2 Å². The number of aromatic amines is 1. The number of hydrogen-bond acceptors (Lipinski definition) is 9. The molecule has 0 aliphatic heterocycles. The standard InChI is InChI=1S/C26H28FN7O6/c1-13(2)16-10-17(21(36)11-20(16)35)22(28)34(24(29)37)15-3-4-19-14(9-15)5-6-33(19)7-8-40-26(39)32-23-18(27)12-30-25(38)31-23/h3-6,9-13,26,28,35-36,39H,7-8H2,1-2H3,(H2,29,37)(H2,30,31,32,38). The van der Waals surface area contributed by atoms with Gasteiger partial charge in [-0.05, 0) is 41.8 Å². The van der Waals surface area contributed by atoms with Gasteiger partial charge in [0.05, 0.1) is 17.9 Å². The van der Waals surface area contributed by atoms with Crippen molar-refractivity contribution in [3.63, 3.8) is 0 Å². The van der Waals surface area contributed by atoms with Crippen LogP contribution in [0.4, 0.5) is 20.7 Å². The number of primary amides is 1. The van der Waals surface area contributed by atoms with Crippen molar-refractivity contribution in [2.45, 2.75) is 32.7 Å². The lowest BCUT2D eigenvalue weighted by Gasteiger charge is -2.23. The minimum atomic E-state index is -1.63. The van der Waals surface area contributed by atoms with Gasteiger partial charge in [0.15, 0.2) is 11.6 Å². The Morgan fingerprint density at radius 2 is 2.00 bits per heavy atom. The van der Waals surface area contributed by atoms with E-state index >= 15 is 0 Å². The molecule has 2 heterocycles. The third kappa shape index (κ3) is 5.87. The number of halogens is 1. The molecule has 0 spiro atoms. The number of amidine groups is 1. The summed E-state index contributed by atoms with van der Waals surface area (Å²) in [5.74, 6) is -2.29. The van der Waals surface area contributed by atoms with Gasteiger partial charge in [-0.3, -0.25) is 5.41 Å². The second kappa shape index (κ2) is 11.4. The Balaban J connectivity index is 1.50. The summed E-state index contributed by atoms with van der Waals surface area (Å²) in [6, 6.07) is 8.33. The lowest BCUT2D eigenvalue weighted by Crippen LogP contribution is -2.41. The Kier molecular flexibility index (Phi) is 8.02. The van der Waals surface area contributed by atoms with E-state index in [9.17, 15) is 29.3 Å². The predicted molar refractivity (Wildman–Crippen MR) is 145 cm³/mol. The van der Waals surface area contributed by atoms with Gasteiger partial charge < -0.3 is 40.7 Å². The van der Waals surface area contributed by atoms with Crippen molar-refractivity contribution in [2.24, 2.45) is 5.73 Å². The second-order valence-electron chi connectivity index (χ2n) is 9.13. The number of phenolic OH excluding ortho intramolecular Hbond substituents is 2. The molecule has 40 heavy (non-hydrogen) atoms. The number of anilines is 2. The molecule has 0 aliphatic carbocycles. The number of fused-ring (bicyclic) bond motifs is 1. The molecule has 1 unspecified atom stereocenters. The zero-order valence-corrected chi connectivity index (χ0v) is 21.6. The largest absolute Gasteiger partial charge is 0.508 e. The molecule has 4 aromatic rings. The van der Waals surface area contributed by atoms with Gasteiger partial charge in [0.25, 0.3) is 0 Å². The predicted octanol–water partition coefficient (Wildman–Crippen LogP) is 2.71. The number of amides is 2. The van der Waals surface area contributed by atoms with E-state index in [1.54, 1.807) is 35.0 Å². The van der Waals surface area contributed by atoms with Gasteiger partial charge in [-0.1, -0.05) is 13.8 Å². The van der Waals surface area contributed by atoms with Crippen molar-refractivity contribution in [1.29, 1.82) is 5.41 Å². The van der Waals surface area contributed by atoms with Crippen molar-refractivity contribution in [3.8, 4) is 11.5 Å². The fourth-order valence-electron chi connectivity index (χ4n) is 4.16. The molecular weight excluding hydrogens is 525 g/mol. The van der Waals surface area contributed by atoms with Gasteiger partial charge in [0.2, 0.25) is 6.41 Å². The molecule has 0 saturated heterocycles. The quantitative estimate of drug-likeness (QED) is 0.0930. The molecule has 210 valence electrons. The van der Waals surface area contributed by atoms with E-state index in [0.717, 1.165) is 22.7 Å². The van der Waals surface area contributed by atoms with Crippen LogP contribution in [0.15, 0.2) is 53.6 Å². The normalized spacial score (nSPS) is 12.0. The number of aromatic hydroxyl groups is 2. The average Bonchev–Trinajstić information content (AvgIpc) is 3.28. The van der Waals surface area contributed by atoms with E-state index in [1.165, 1.54) is 6.07 Å². The molecule has 14 heteroatoms. The summed E-state index contributed by atoms with van der Waals surface area (Å²) >= 11 is 0. The molecule has 0 radical (unpaired) electrons. The third-order valence-corrected chi connectivity index (χ3v) is 6.11. The Hall–Kier alpha value is -4.95. The number of rotatable bonds is 9. The minimum Gasteiger partial charge on any atom is -0.508 e. The number of nitrogens with one attached hydrogen (secondary N) is 3. The van der Waals surface area contributed by atoms with E-state index in [1.807, 2.05) is 13.8 Å². The Bertz CT molecular complexity index is 1630. The van der Waals surface area contributed by atoms with Crippen molar-refractivity contribution in [1.82, 2.24) is 14.5 Å². The first-order valence-corrected chi connectivity index (χ1v) is 12.1. The molecule has 0 saturated carbocycles. The zero-order valence-electron chi connectivity index (χ0n) is 21.6. The van der Waals surface area contributed by atoms with Crippen LogP contribution in [0.2, 0.25) is 0 Å². The average molecular weight is 554 g/mol. The van der Waals surface area contributed by atoms with Crippen LogP contribution in [0, 0.1) is 11.2 Å². The highest BCUT2D eigenvalue weighted by Gasteiger charge is 2.24. The lowest BCUT2D eigenvalue weighted by molar-refractivity contribution is -0.0805. The summed E-state index contributed by atoms with van der Waals surface area (Å²) in [7, 11) is 0. The van der Waals surface area contributed by atoms with E-state index in [2.05, 4.69) is 15.3 Å².